The first-order chi connectivity index (χ1) is 8.41. The summed E-state index contributed by atoms with van der Waals surface area (Å²) in [6, 6.07) is 4.29. The summed E-state index contributed by atoms with van der Waals surface area (Å²) >= 11 is 0. The molecular formula is C12H18ClFN2O2S. The van der Waals surface area contributed by atoms with Gasteiger partial charge in [-0.05, 0) is 31.5 Å². The molecule has 0 radical (unpaired) electrons. The fourth-order valence-corrected chi connectivity index (χ4v) is 3.64. The number of benzene rings is 1. The highest BCUT2D eigenvalue weighted by molar-refractivity contribution is 7.89. The van der Waals surface area contributed by atoms with Crippen molar-refractivity contribution in [3.63, 3.8) is 0 Å². The molecule has 0 amide bonds. The quantitative estimate of drug-likeness (QED) is 0.901. The average molecular weight is 309 g/mol. The molecule has 1 fully saturated rings. The van der Waals surface area contributed by atoms with Gasteiger partial charge in [-0.3, -0.25) is 0 Å². The van der Waals surface area contributed by atoms with Crippen molar-refractivity contribution < 1.29 is 12.8 Å². The van der Waals surface area contributed by atoms with E-state index in [1.165, 1.54) is 16.4 Å². The Balaban J connectivity index is 0.00000180. The van der Waals surface area contributed by atoms with Crippen LogP contribution < -0.4 is 5.32 Å². The molecule has 1 aliphatic rings. The SMILES string of the molecule is Cc1ccc(S(=O)(=O)N2CCNC(C)C2)c(F)c1.Cl. The number of sulfonamides is 1. The van der Waals surface area contributed by atoms with Crippen molar-refractivity contribution in [2.24, 2.45) is 0 Å². The number of piperazine rings is 1. The zero-order valence-corrected chi connectivity index (χ0v) is 12.5. The standard InChI is InChI=1S/C12H17FN2O2S.ClH/c1-9-3-4-12(11(13)7-9)18(16,17)15-6-5-14-10(2)8-15;/h3-4,7,10,14H,5-6,8H2,1-2H3;1H. The van der Waals surface area contributed by atoms with Gasteiger partial charge in [0.15, 0.2) is 0 Å². The van der Waals surface area contributed by atoms with E-state index >= 15 is 0 Å². The molecular weight excluding hydrogens is 291 g/mol. The second kappa shape index (κ2) is 6.17. The lowest BCUT2D eigenvalue weighted by molar-refractivity contribution is 0.309. The molecule has 1 aliphatic heterocycles. The van der Waals surface area contributed by atoms with E-state index in [1.54, 1.807) is 13.0 Å². The molecule has 1 aromatic carbocycles. The summed E-state index contributed by atoms with van der Waals surface area (Å²) in [5.41, 5.74) is 0.708. The lowest BCUT2D eigenvalue weighted by atomic mass is 10.2. The molecule has 0 aliphatic carbocycles. The van der Waals surface area contributed by atoms with E-state index < -0.39 is 15.8 Å². The summed E-state index contributed by atoms with van der Waals surface area (Å²) in [7, 11) is -3.72. The predicted molar refractivity (Wildman–Crippen MR) is 74.6 cm³/mol. The third-order valence-corrected chi connectivity index (χ3v) is 4.94. The van der Waals surface area contributed by atoms with E-state index in [4.69, 9.17) is 0 Å². The Morgan fingerprint density at radius 3 is 2.68 bits per heavy atom. The molecule has 1 unspecified atom stereocenters. The topological polar surface area (TPSA) is 49.4 Å². The number of rotatable bonds is 2. The summed E-state index contributed by atoms with van der Waals surface area (Å²) in [6.45, 7) is 4.98. The van der Waals surface area contributed by atoms with Crippen LogP contribution in [-0.4, -0.2) is 38.4 Å². The number of halogens is 2. The molecule has 0 saturated carbocycles. The van der Waals surface area contributed by atoms with E-state index in [1.807, 2.05) is 6.92 Å². The summed E-state index contributed by atoms with van der Waals surface area (Å²) in [4.78, 5) is -0.234. The number of hydrogen-bond donors (Lipinski definition) is 1. The number of hydrogen-bond acceptors (Lipinski definition) is 3. The third-order valence-electron chi connectivity index (χ3n) is 3.04. The van der Waals surface area contributed by atoms with Crippen LogP contribution in [0.4, 0.5) is 4.39 Å². The summed E-state index contributed by atoms with van der Waals surface area (Å²) < 4.78 is 39.8. The molecule has 1 heterocycles. The van der Waals surface area contributed by atoms with E-state index in [0.717, 1.165) is 0 Å². The van der Waals surface area contributed by atoms with E-state index in [-0.39, 0.29) is 23.3 Å². The van der Waals surface area contributed by atoms with Crippen molar-refractivity contribution in [1.82, 2.24) is 9.62 Å². The molecule has 7 heteroatoms. The summed E-state index contributed by atoms with van der Waals surface area (Å²) in [5, 5.41) is 3.16. The zero-order valence-electron chi connectivity index (χ0n) is 10.9. The minimum Gasteiger partial charge on any atom is -0.312 e. The molecule has 0 spiro atoms. The van der Waals surface area contributed by atoms with Crippen LogP contribution in [0.3, 0.4) is 0 Å². The second-order valence-electron chi connectivity index (χ2n) is 4.65. The Kier molecular flexibility index (Phi) is 5.32. The molecule has 19 heavy (non-hydrogen) atoms. The van der Waals surface area contributed by atoms with E-state index in [0.29, 0.717) is 25.2 Å². The van der Waals surface area contributed by atoms with E-state index in [2.05, 4.69) is 5.32 Å². The molecule has 1 aromatic rings. The van der Waals surface area contributed by atoms with Crippen LogP contribution in [-0.2, 0) is 10.0 Å². The van der Waals surface area contributed by atoms with Crippen LogP contribution in [0.25, 0.3) is 0 Å². The average Bonchev–Trinajstić information content (AvgIpc) is 2.28. The predicted octanol–water partition coefficient (Wildman–Crippen LogP) is 1.54. The maximum absolute atomic E-state index is 13.8. The van der Waals surface area contributed by atoms with Gasteiger partial charge in [0.1, 0.15) is 10.7 Å². The van der Waals surface area contributed by atoms with Gasteiger partial charge >= 0.3 is 0 Å². The molecule has 4 nitrogen and oxygen atoms in total. The van der Waals surface area contributed by atoms with Crippen LogP contribution in [0.1, 0.15) is 12.5 Å². The number of nitrogens with one attached hydrogen (secondary N) is 1. The fourth-order valence-electron chi connectivity index (χ4n) is 2.07. The highest BCUT2D eigenvalue weighted by atomic mass is 35.5. The molecule has 0 aromatic heterocycles. The normalized spacial score (nSPS) is 20.9. The fraction of sp³-hybridized carbons (Fsp3) is 0.500. The van der Waals surface area contributed by atoms with Crippen molar-refractivity contribution in [3.8, 4) is 0 Å². The zero-order chi connectivity index (χ0) is 13.3. The first-order valence-electron chi connectivity index (χ1n) is 5.91. The second-order valence-corrected chi connectivity index (χ2v) is 6.56. The van der Waals surface area contributed by atoms with Crippen molar-refractivity contribution in [1.29, 1.82) is 0 Å². The monoisotopic (exact) mass is 308 g/mol. The van der Waals surface area contributed by atoms with Gasteiger partial charge in [-0.1, -0.05) is 6.07 Å². The van der Waals surface area contributed by atoms with Gasteiger partial charge in [-0.2, -0.15) is 4.31 Å². The van der Waals surface area contributed by atoms with E-state index in [9.17, 15) is 12.8 Å². The van der Waals surface area contributed by atoms with Gasteiger partial charge in [0.2, 0.25) is 10.0 Å². The van der Waals surface area contributed by atoms with Crippen molar-refractivity contribution in [2.45, 2.75) is 24.8 Å². The lowest BCUT2D eigenvalue weighted by Gasteiger charge is -2.31. The molecule has 2 rings (SSSR count). The first kappa shape index (κ1) is 16.4. The maximum Gasteiger partial charge on any atom is 0.246 e. The smallest absolute Gasteiger partial charge is 0.246 e. The van der Waals surface area contributed by atoms with Crippen LogP contribution in [0.5, 0.6) is 0 Å². The Labute approximate surface area is 119 Å². The molecule has 1 atom stereocenters. The maximum atomic E-state index is 13.8. The number of nitrogens with zero attached hydrogens (tertiary/aromatic N) is 1. The number of aryl methyl sites for hydroxylation is 1. The van der Waals surface area contributed by atoms with Crippen LogP contribution >= 0.6 is 12.4 Å². The summed E-state index contributed by atoms with van der Waals surface area (Å²) in [6.07, 6.45) is 0. The Bertz CT molecular complexity index is 551. The molecule has 1 N–H and O–H groups in total. The van der Waals surface area contributed by atoms with Gasteiger partial charge < -0.3 is 5.32 Å². The minimum atomic E-state index is -3.72. The summed E-state index contributed by atoms with van der Waals surface area (Å²) in [5.74, 6) is -0.679. The van der Waals surface area contributed by atoms with Gasteiger partial charge in [-0.15, -0.1) is 12.4 Å². The molecule has 0 bridgehead atoms. The van der Waals surface area contributed by atoms with Gasteiger partial charge in [0.25, 0.3) is 0 Å². The van der Waals surface area contributed by atoms with Gasteiger partial charge in [-0.25, -0.2) is 12.8 Å². The van der Waals surface area contributed by atoms with Crippen molar-refractivity contribution in [3.05, 3.63) is 29.6 Å². The third kappa shape index (κ3) is 3.45. The highest BCUT2D eigenvalue weighted by Crippen LogP contribution is 2.21. The van der Waals surface area contributed by atoms with Crippen LogP contribution in [0, 0.1) is 12.7 Å². The first-order valence-corrected chi connectivity index (χ1v) is 7.35. The minimum absolute atomic E-state index is 0. The van der Waals surface area contributed by atoms with Crippen LogP contribution in [0.2, 0.25) is 0 Å². The van der Waals surface area contributed by atoms with Gasteiger partial charge in [0, 0.05) is 25.7 Å². The van der Waals surface area contributed by atoms with Gasteiger partial charge in [0.05, 0.1) is 0 Å². The Morgan fingerprint density at radius 1 is 1.42 bits per heavy atom. The Morgan fingerprint density at radius 2 is 2.11 bits per heavy atom. The van der Waals surface area contributed by atoms with Crippen molar-refractivity contribution >= 4 is 22.4 Å². The molecule has 108 valence electrons. The largest absolute Gasteiger partial charge is 0.312 e. The van der Waals surface area contributed by atoms with Crippen molar-refractivity contribution in [2.75, 3.05) is 19.6 Å². The highest BCUT2D eigenvalue weighted by Gasteiger charge is 2.30. The molecule has 1 saturated heterocycles. The Hall–Kier alpha value is -0.690. The van der Waals surface area contributed by atoms with Crippen LogP contribution in [0.15, 0.2) is 23.1 Å². The lowest BCUT2D eigenvalue weighted by Crippen LogP contribution is -2.51.